The number of carbonyl (C=O) groups is 2. The molecule has 0 aromatic heterocycles. The Morgan fingerprint density at radius 2 is 1.81 bits per heavy atom. The molecule has 2 rings (SSSR count). The van der Waals surface area contributed by atoms with E-state index in [0.29, 0.717) is 18.2 Å². The van der Waals surface area contributed by atoms with Crippen molar-refractivity contribution in [3.63, 3.8) is 0 Å². The van der Waals surface area contributed by atoms with Crippen molar-refractivity contribution in [3.05, 3.63) is 54.1 Å². The van der Waals surface area contributed by atoms with Gasteiger partial charge in [0.1, 0.15) is 5.75 Å². The van der Waals surface area contributed by atoms with Gasteiger partial charge in [0.15, 0.2) is 0 Å². The van der Waals surface area contributed by atoms with Crippen LogP contribution in [0.25, 0.3) is 0 Å². The van der Waals surface area contributed by atoms with Gasteiger partial charge < -0.3 is 15.4 Å². The monoisotopic (exact) mass is 386 g/mol. The van der Waals surface area contributed by atoms with Crippen molar-refractivity contribution < 1.29 is 14.3 Å². The lowest BCUT2D eigenvalue weighted by Gasteiger charge is -2.13. The Bertz CT molecular complexity index is 762. The van der Waals surface area contributed by atoms with Crippen molar-refractivity contribution in [2.24, 2.45) is 0 Å². The zero-order valence-corrected chi connectivity index (χ0v) is 16.8. The molecule has 0 bridgehead atoms. The molecular weight excluding hydrogens is 360 g/mol. The van der Waals surface area contributed by atoms with Crippen molar-refractivity contribution in [1.29, 1.82) is 0 Å². The Kier molecular flexibility index (Phi) is 8.20. The van der Waals surface area contributed by atoms with Gasteiger partial charge in [-0.05, 0) is 36.8 Å². The van der Waals surface area contributed by atoms with Crippen molar-refractivity contribution >= 4 is 29.3 Å². The number of benzene rings is 2. The van der Waals surface area contributed by atoms with Crippen LogP contribution in [0, 0.1) is 0 Å². The van der Waals surface area contributed by atoms with E-state index in [0.717, 1.165) is 28.3 Å². The van der Waals surface area contributed by atoms with Crippen LogP contribution in [0.5, 0.6) is 5.75 Å². The van der Waals surface area contributed by atoms with Crippen molar-refractivity contribution in [3.8, 4) is 5.75 Å². The summed E-state index contributed by atoms with van der Waals surface area (Å²) >= 11 is 1.72. The SMILES string of the molecule is COc1ccccc1CNC(=O)CCC(C)Sc1ccc(NC(C)=O)cc1. The lowest BCUT2D eigenvalue weighted by molar-refractivity contribution is -0.121. The number of thioether (sulfide) groups is 1. The molecule has 0 fully saturated rings. The molecule has 0 saturated heterocycles. The quantitative estimate of drug-likeness (QED) is 0.633. The largest absolute Gasteiger partial charge is 0.496 e. The van der Waals surface area contributed by atoms with Gasteiger partial charge in [-0.15, -0.1) is 11.8 Å². The number of hydrogen-bond donors (Lipinski definition) is 2. The van der Waals surface area contributed by atoms with E-state index in [1.807, 2.05) is 48.5 Å². The van der Waals surface area contributed by atoms with Crippen molar-refractivity contribution in [2.75, 3.05) is 12.4 Å². The van der Waals surface area contributed by atoms with Crippen LogP contribution < -0.4 is 15.4 Å². The Labute approximate surface area is 164 Å². The van der Waals surface area contributed by atoms with Crippen LogP contribution >= 0.6 is 11.8 Å². The second kappa shape index (κ2) is 10.6. The normalized spacial score (nSPS) is 11.5. The van der Waals surface area contributed by atoms with Crippen LogP contribution in [0.4, 0.5) is 5.69 Å². The number of amides is 2. The summed E-state index contributed by atoms with van der Waals surface area (Å²) in [5.41, 5.74) is 1.75. The lowest BCUT2D eigenvalue weighted by atomic mass is 10.2. The number of anilines is 1. The van der Waals surface area contributed by atoms with E-state index in [9.17, 15) is 9.59 Å². The number of ether oxygens (including phenoxy) is 1. The maximum atomic E-state index is 12.1. The van der Waals surface area contributed by atoms with Gasteiger partial charge in [0.2, 0.25) is 11.8 Å². The molecule has 27 heavy (non-hydrogen) atoms. The Hall–Kier alpha value is -2.47. The summed E-state index contributed by atoms with van der Waals surface area (Å²) in [6.45, 7) is 4.07. The van der Waals surface area contributed by atoms with Gasteiger partial charge in [-0.2, -0.15) is 0 Å². The number of hydrogen-bond acceptors (Lipinski definition) is 4. The summed E-state index contributed by atoms with van der Waals surface area (Å²) in [5, 5.41) is 6.01. The molecule has 0 saturated carbocycles. The lowest BCUT2D eigenvalue weighted by Crippen LogP contribution is -2.23. The fourth-order valence-corrected chi connectivity index (χ4v) is 3.57. The summed E-state index contributed by atoms with van der Waals surface area (Å²) in [7, 11) is 1.63. The van der Waals surface area contributed by atoms with E-state index < -0.39 is 0 Å². The number of rotatable bonds is 9. The molecule has 1 atom stereocenters. The molecule has 144 valence electrons. The molecule has 5 nitrogen and oxygen atoms in total. The Morgan fingerprint density at radius 1 is 1.11 bits per heavy atom. The van der Waals surface area contributed by atoms with Gasteiger partial charge in [0.05, 0.1) is 7.11 Å². The molecule has 2 aromatic rings. The van der Waals surface area contributed by atoms with Gasteiger partial charge in [0, 0.05) is 41.3 Å². The van der Waals surface area contributed by atoms with Crippen LogP contribution in [0.1, 0.15) is 32.3 Å². The molecule has 1 unspecified atom stereocenters. The zero-order chi connectivity index (χ0) is 19.6. The first-order valence-electron chi connectivity index (χ1n) is 8.91. The van der Waals surface area contributed by atoms with Crippen LogP contribution in [0.15, 0.2) is 53.4 Å². The highest BCUT2D eigenvalue weighted by Gasteiger charge is 2.10. The molecule has 6 heteroatoms. The van der Waals surface area contributed by atoms with Gasteiger partial charge in [-0.3, -0.25) is 9.59 Å². The summed E-state index contributed by atoms with van der Waals surface area (Å²) in [4.78, 5) is 24.3. The fourth-order valence-electron chi connectivity index (χ4n) is 2.58. The van der Waals surface area contributed by atoms with E-state index in [1.165, 1.54) is 6.92 Å². The van der Waals surface area contributed by atoms with Gasteiger partial charge in [0.25, 0.3) is 0 Å². The summed E-state index contributed by atoms with van der Waals surface area (Å²) in [5.74, 6) is 0.738. The molecule has 0 heterocycles. The molecule has 0 aliphatic rings. The first-order valence-corrected chi connectivity index (χ1v) is 9.79. The summed E-state index contributed by atoms with van der Waals surface area (Å²) < 4.78 is 5.29. The third-order valence-electron chi connectivity index (χ3n) is 3.96. The Balaban J connectivity index is 1.73. The minimum absolute atomic E-state index is 0.0364. The molecule has 0 spiro atoms. The smallest absolute Gasteiger partial charge is 0.221 e. The molecule has 2 aromatic carbocycles. The second-order valence-corrected chi connectivity index (χ2v) is 7.77. The summed E-state index contributed by atoms with van der Waals surface area (Å²) in [6, 6.07) is 15.4. The third kappa shape index (κ3) is 7.35. The molecule has 0 radical (unpaired) electrons. The molecule has 2 amide bonds. The maximum absolute atomic E-state index is 12.1. The number of carbonyl (C=O) groups excluding carboxylic acids is 2. The van der Waals surface area contributed by atoms with Crippen molar-refractivity contribution in [2.45, 2.75) is 43.4 Å². The molecule has 0 aliphatic heterocycles. The minimum atomic E-state index is -0.0806. The fraction of sp³-hybridized carbons (Fsp3) is 0.333. The topological polar surface area (TPSA) is 67.4 Å². The second-order valence-electron chi connectivity index (χ2n) is 6.26. The predicted molar refractivity (Wildman–Crippen MR) is 110 cm³/mol. The van der Waals surface area contributed by atoms with Crippen LogP contribution in [-0.4, -0.2) is 24.2 Å². The predicted octanol–water partition coefficient (Wildman–Crippen LogP) is 4.23. The van der Waals surface area contributed by atoms with E-state index in [1.54, 1.807) is 18.9 Å². The average Bonchev–Trinajstić information content (AvgIpc) is 2.66. The van der Waals surface area contributed by atoms with Gasteiger partial charge >= 0.3 is 0 Å². The zero-order valence-electron chi connectivity index (χ0n) is 16.0. The van der Waals surface area contributed by atoms with Gasteiger partial charge in [-0.1, -0.05) is 25.1 Å². The highest BCUT2D eigenvalue weighted by atomic mass is 32.2. The van der Waals surface area contributed by atoms with Crippen LogP contribution in [-0.2, 0) is 16.1 Å². The first-order chi connectivity index (χ1) is 13.0. The van der Waals surface area contributed by atoms with Gasteiger partial charge in [-0.25, -0.2) is 0 Å². The standard InChI is InChI=1S/C21H26N2O3S/c1-15(27-19-11-9-18(10-12-19)23-16(2)24)8-13-21(25)22-14-17-6-4-5-7-20(17)26-3/h4-7,9-12,15H,8,13-14H2,1-3H3,(H,22,25)(H,23,24). The Morgan fingerprint density at radius 3 is 2.48 bits per heavy atom. The third-order valence-corrected chi connectivity index (χ3v) is 5.14. The number of nitrogens with one attached hydrogen (secondary N) is 2. The van der Waals surface area contributed by atoms with Crippen LogP contribution in [0.3, 0.4) is 0 Å². The van der Waals surface area contributed by atoms with Crippen LogP contribution in [0.2, 0.25) is 0 Å². The molecule has 2 N–H and O–H groups in total. The maximum Gasteiger partial charge on any atom is 0.221 e. The van der Waals surface area contributed by atoms with Crippen molar-refractivity contribution in [1.82, 2.24) is 5.32 Å². The molecule has 0 aliphatic carbocycles. The number of para-hydroxylation sites is 1. The van der Waals surface area contributed by atoms with E-state index in [4.69, 9.17) is 4.74 Å². The highest BCUT2D eigenvalue weighted by Crippen LogP contribution is 2.27. The highest BCUT2D eigenvalue weighted by molar-refractivity contribution is 7.99. The van der Waals surface area contributed by atoms with E-state index >= 15 is 0 Å². The number of methoxy groups -OCH3 is 1. The summed E-state index contributed by atoms with van der Waals surface area (Å²) in [6.07, 6.45) is 1.27. The molecular formula is C21H26N2O3S. The average molecular weight is 387 g/mol. The van der Waals surface area contributed by atoms with E-state index in [-0.39, 0.29) is 11.8 Å². The minimum Gasteiger partial charge on any atom is -0.496 e. The van der Waals surface area contributed by atoms with E-state index in [2.05, 4.69) is 17.6 Å². The first kappa shape index (κ1) is 20.8.